The van der Waals surface area contributed by atoms with E-state index < -0.39 is 5.97 Å². The Balaban J connectivity index is 1.42. The Labute approximate surface area is 239 Å². The third-order valence-electron chi connectivity index (χ3n) is 6.84. The van der Waals surface area contributed by atoms with Crippen molar-refractivity contribution in [2.45, 2.75) is 26.7 Å². The maximum Gasteiger partial charge on any atom is 0.343 e. The molecule has 7 heteroatoms. The summed E-state index contributed by atoms with van der Waals surface area (Å²) >= 11 is 0. The maximum atomic E-state index is 11.4. The van der Waals surface area contributed by atoms with Gasteiger partial charge in [-0.3, -0.25) is 0 Å². The average molecular weight is 552 g/mol. The molecule has 1 heterocycles. The van der Waals surface area contributed by atoms with Crippen molar-refractivity contribution >= 4 is 16.9 Å². The Morgan fingerprint density at radius 3 is 2.17 bits per heavy atom. The van der Waals surface area contributed by atoms with Crippen LogP contribution >= 0.6 is 0 Å². The van der Waals surface area contributed by atoms with Gasteiger partial charge in [0, 0.05) is 10.9 Å². The number of aryl methyl sites for hydroxylation is 1. The highest BCUT2D eigenvalue weighted by molar-refractivity contribution is 5.88. The average Bonchev–Trinajstić information content (AvgIpc) is 3.28. The molecule has 0 aliphatic rings. The number of carbonyl (C=O) groups excluding carboxylic acids is 1. The van der Waals surface area contributed by atoms with Crippen LogP contribution in [0.3, 0.4) is 0 Å². The molecule has 41 heavy (non-hydrogen) atoms. The lowest BCUT2D eigenvalue weighted by atomic mass is 10.2. The molecule has 4 aromatic carbocycles. The number of hydrogen-bond donors (Lipinski definition) is 0. The van der Waals surface area contributed by atoms with E-state index in [0.29, 0.717) is 25.5 Å². The first-order chi connectivity index (χ1) is 20.0. The van der Waals surface area contributed by atoms with E-state index in [4.69, 9.17) is 18.9 Å². The molecule has 0 spiro atoms. The lowest BCUT2D eigenvalue weighted by Crippen LogP contribution is -2.12. The molecule has 0 radical (unpaired) electrons. The lowest BCUT2D eigenvalue weighted by Gasteiger charge is -2.14. The third kappa shape index (κ3) is 6.81. The Kier molecular flexibility index (Phi) is 8.74. The number of methoxy groups -OCH3 is 2. The van der Waals surface area contributed by atoms with E-state index in [1.165, 1.54) is 7.11 Å². The second-order valence-electron chi connectivity index (χ2n) is 9.62. The maximum absolute atomic E-state index is 11.4. The molecule has 0 amide bonds. The minimum atomic E-state index is -0.423. The number of fused-ring (bicyclic) bond motifs is 1. The number of nitrogens with zero attached hydrogens (tertiary/aromatic N) is 1. The fourth-order valence-corrected chi connectivity index (χ4v) is 4.64. The van der Waals surface area contributed by atoms with E-state index in [9.17, 15) is 4.79 Å². The molecular formula is C34H33NO6. The molecule has 210 valence electrons. The fourth-order valence-electron chi connectivity index (χ4n) is 4.64. The van der Waals surface area contributed by atoms with Crippen LogP contribution in [0.25, 0.3) is 10.9 Å². The van der Waals surface area contributed by atoms with Gasteiger partial charge in [-0.15, -0.1) is 0 Å². The zero-order chi connectivity index (χ0) is 28.6. The first kappa shape index (κ1) is 27.6. The minimum Gasteiger partial charge on any atom is -0.497 e. The first-order valence-electron chi connectivity index (χ1n) is 13.4. The molecule has 5 rings (SSSR count). The van der Waals surface area contributed by atoms with Crippen LogP contribution in [0.15, 0.2) is 97.1 Å². The van der Waals surface area contributed by atoms with Crippen LogP contribution in [-0.2, 0) is 29.3 Å². The quantitative estimate of drug-likeness (QED) is 0.161. The summed E-state index contributed by atoms with van der Waals surface area (Å²) in [6.45, 7) is 3.42. The highest BCUT2D eigenvalue weighted by atomic mass is 16.6. The molecule has 0 N–H and O–H groups in total. The lowest BCUT2D eigenvalue weighted by molar-refractivity contribution is -0.142. The molecule has 0 aliphatic carbocycles. The van der Waals surface area contributed by atoms with Crippen LogP contribution in [0.5, 0.6) is 23.1 Å². The predicted octanol–water partition coefficient (Wildman–Crippen LogP) is 6.72. The van der Waals surface area contributed by atoms with E-state index in [0.717, 1.165) is 50.5 Å². The van der Waals surface area contributed by atoms with Crippen LogP contribution in [-0.4, -0.2) is 31.4 Å². The van der Waals surface area contributed by atoms with Gasteiger partial charge in [-0.05, 0) is 66.1 Å². The zero-order valence-electron chi connectivity index (χ0n) is 23.5. The van der Waals surface area contributed by atoms with Gasteiger partial charge in [-0.25, -0.2) is 4.79 Å². The number of esters is 1. The SMILES string of the molecule is COC(=O)COc1ccc(Cn2c(OCc3cccc(OC)c3)c(C)c3cc(OCc4ccccc4)ccc32)cc1. The van der Waals surface area contributed by atoms with Crippen LogP contribution in [0.1, 0.15) is 22.3 Å². The van der Waals surface area contributed by atoms with Gasteiger partial charge >= 0.3 is 5.97 Å². The molecular weight excluding hydrogens is 518 g/mol. The predicted molar refractivity (Wildman–Crippen MR) is 158 cm³/mol. The molecule has 7 nitrogen and oxygen atoms in total. The van der Waals surface area contributed by atoms with Crippen molar-refractivity contribution in [3.8, 4) is 23.1 Å². The molecule has 0 unspecified atom stereocenters. The second kappa shape index (κ2) is 13.0. The van der Waals surface area contributed by atoms with Crippen molar-refractivity contribution in [1.29, 1.82) is 0 Å². The summed E-state index contributed by atoms with van der Waals surface area (Å²) in [5.74, 6) is 2.55. The zero-order valence-corrected chi connectivity index (χ0v) is 23.5. The van der Waals surface area contributed by atoms with Gasteiger partial charge in [0.2, 0.25) is 0 Å². The number of carbonyl (C=O) groups is 1. The van der Waals surface area contributed by atoms with E-state index in [1.54, 1.807) is 7.11 Å². The number of rotatable bonds is 12. The van der Waals surface area contributed by atoms with Crippen molar-refractivity contribution in [2.24, 2.45) is 0 Å². The van der Waals surface area contributed by atoms with Crippen molar-refractivity contribution in [1.82, 2.24) is 4.57 Å². The largest absolute Gasteiger partial charge is 0.497 e. The Morgan fingerprint density at radius 1 is 0.683 bits per heavy atom. The topological polar surface area (TPSA) is 68.2 Å². The van der Waals surface area contributed by atoms with Crippen molar-refractivity contribution in [3.05, 3.63) is 119 Å². The normalized spacial score (nSPS) is 10.8. The van der Waals surface area contributed by atoms with Crippen molar-refractivity contribution in [3.63, 3.8) is 0 Å². The molecule has 0 aliphatic heterocycles. The van der Waals surface area contributed by atoms with Gasteiger partial charge in [0.05, 0.1) is 26.3 Å². The summed E-state index contributed by atoms with van der Waals surface area (Å²) in [4.78, 5) is 11.4. The number of ether oxygens (including phenoxy) is 5. The van der Waals surface area contributed by atoms with Crippen molar-refractivity contribution < 1.29 is 28.5 Å². The highest BCUT2D eigenvalue weighted by Gasteiger charge is 2.17. The van der Waals surface area contributed by atoms with Crippen LogP contribution in [0.4, 0.5) is 0 Å². The Morgan fingerprint density at radius 2 is 1.41 bits per heavy atom. The van der Waals surface area contributed by atoms with Crippen molar-refractivity contribution in [2.75, 3.05) is 20.8 Å². The summed E-state index contributed by atoms with van der Waals surface area (Å²) in [6, 6.07) is 31.8. The standard InChI is InChI=1S/C34H33NO6/c1-24-31-19-30(39-21-26-8-5-4-6-9-26)16-17-32(31)35(34(24)41-22-27-10-7-11-29(18-27)37-2)20-25-12-14-28(15-13-25)40-23-33(36)38-3/h4-19H,20-23H2,1-3H3. The van der Waals surface area contributed by atoms with Crippen LogP contribution in [0, 0.1) is 6.92 Å². The van der Waals surface area contributed by atoms with Gasteiger partial charge in [0.1, 0.15) is 30.5 Å². The summed E-state index contributed by atoms with van der Waals surface area (Å²) < 4.78 is 30.3. The highest BCUT2D eigenvalue weighted by Crippen LogP contribution is 2.35. The van der Waals surface area contributed by atoms with Crippen LogP contribution < -0.4 is 18.9 Å². The Hall–Kier alpha value is -4.91. The summed E-state index contributed by atoms with van der Waals surface area (Å²) in [5.41, 5.74) is 5.26. The minimum absolute atomic E-state index is 0.131. The van der Waals surface area contributed by atoms with E-state index in [2.05, 4.69) is 40.5 Å². The van der Waals surface area contributed by atoms with Gasteiger partial charge in [-0.2, -0.15) is 0 Å². The summed E-state index contributed by atoms with van der Waals surface area (Å²) in [5, 5.41) is 1.06. The Bertz CT molecular complexity index is 1610. The molecule has 1 aromatic heterocycles. The molecule has 0 fully saturated rings. The summed E-state index contributed by atoms with van der Waals surface area (Å²) in [7, 11) is 3.00. The molecule has 0 saturated heterocycles. The number of benzene rings is 4. The fraction of sp³-hybridized carbons (Fsp3) is 0.206. The summed E-state index contributed by atoms with van der Waals surface area (Å²) in [6.07, 6.45) is 0. The van der Waals surface area contributed by atoms with Crippen LogP contribution in [0.2, 0.25) is 0 Å². The van der Waals surface area contributed by atoms with Gasteiger partial charge in [-0.1, -0.05) is 54.6 Å². The number of hydrogen-bond acceptors (Lipinski definition) is 6. The van der Waals surface area contributed by atoms with Gasteiger partial charge < -0.3 is 28.3 Å². The second-order valence-corrected chi connectivity index (χ2v) is 9.62. The molecule has 0 saturated carbocycles. The monoisotopic (exact) mass is 551 g/mol. The van der Waals surface area contributed by atoms with E-state index in [-0.39, 0.29) is 6.61 Å². The first-order valence-corrected chi connectivity index (χ1v) is 13.4. The smallest absolute Gasteiger partial charge is 0.343 e. The third-order valence-corrected chi connectivity index (χ3v) is 6.84. The van der Waals surface area contributed by atoms with E-state index in [1.807, 2.05) is 72.8 Å². The van der Waals surface area contributed by atoms with Gasteiger partial charge in [0.15, 0.2) is 12.5 Å². The molecule has 0 atom stereocenters. The molecule has 5 aromatic rings. The number of aromatic nitrogens is 1. The molecule has 0 bridgehead atoms. The van der Waals surface area contributed by atoms with Gasteiger partial charge in [0.25, 0.3) is 0 Å². The van der Waals surface area contributed by atoms with E-state index >= 15 is 0 Å².